The largest absolute Gasteiger partial charge is 0.454 e. The zero-order valence-electron chi connectivity index (χ0n) is 10.3. The Labute approximate surface area is 106 Å². The summed E-state index contributed by atoms with van der Waals surface area (Å²) in [4.78, 5) is 14.2. The highest BCUT2D eigenvalue weighted by Gasteiger charge is 2.21. The summed E-state index contributed by atoms with van der Waals surface area (Å²) in [6.07, 6.45) is 4.18. The Morgan fingerprint density at radius 2 is 2.17 bits per heavy atom. The Hall–Kier alpha value is -1.97. The highest BCUT2D eigenvalue weighted by molar-refractivity contribution is 5.95. The number of benzene rings is 1. The van der Waals surface area contributed by atoms with Gasteiger partial charge in [0.2, 0.25) is 6.79 Å². The van der Waals surface area contributed by atoms with Crippen LogP contribution in [0, 0.1) is 5.92 Å². The average Bonchev–Trinajstić information content (AvgIpc) is 2.85. The van der Waals surface area contributed by atoms with Crippen LogP contribution in [0.1, 0.15) is 17.3 Å². The van der Waals surface area contributed by atoms with Crippen LogP contribution in [-0.2, 0) is 0 Å². The molecule has 0 N–H and O–H groups in total. The van der Waals surface area contributed by atoms with Crippen molar-refractivity contribution in [2.45, 2.75) is 6.92 Å². The van der Waals surface area contributed by atoms with Crippen LogP contribution in [0.3, 0.4) is 0 Å². The molecule has 0 spiro atoms. The average molecular weight is 245 g/mol. The molecule has 18 heavy (non-hydrogen) atoms. The van der Waals surface area contributed by atoms with Gasteiger partial charge in [0, 0.05) is 18.7 Å². The number of fused-ring (bicyclic) bond motifs is 1. The van der Waals surface area contributed by atoms with Crippen LogP contribution in [-0.4, -0.2) is 30.7 Å². The lowest BCUT2D eigenvalue weighted by Gasteiger charge is -2.27. The fourth-order valence-electron chi connectivity index (χ4n) is 2.28. The fraction of sp³-hybridized carbons (Fsp3) is 0.357. The van der Waals surface area contributed by atoms with Crippen LogP contribution in [0.5, 0.6) is 11.5 Å². The first-order valence-electron chi connectivity index (χ1n) is 6.09. The molecule has 0 bridgehead atoms. The second-order valence-electron chi connectivity index (χ2n) is 4.68. The monoisotopic (exact) mass is 245 g/mol. The summed E-state index contributed by atoms with van der Waals surface area (Å²) < 4.78 is 10.5. The highest BCUT2D eigenvalue weighted by Crippen LogP contribution is 2.32. The highest BCUT2D eigenvalue weighted by atomic mass is 16.7. The molecule has 2 aliphatic rings. The van der Waals surface area contributed by atoms with Crippen molar-refractivity contribution in [3.63, 3.8) is 0 Å². The predicted octanol–water partition coefficient (Wildman–Crippen LogP) is 2.06. The minimum Gasteiger partial charge on any atom is -0.454 e. The van der Waals surface area contributed by atoms with Crippen LogP contribution < -0.4 is 9.47 Å². The lowest BCUT2D eigenvalue weighted by molar-refractivity contribution is 0.0753. The minimum absolute atomic E-state index is 0.0458. The van der Waals surface area contributed by atoms with Crippen molar-refractivity contribution in [3.05, 3.63) is 35.9 Å². The van der Waals surface area contributed by atoms with Gasteiger partial charge in [-0.2, -0.15) is 0 Å². The first-order chi connectivity index (χ1) is 8.74. The number of nitrogens with zero attached hydrogens (tertiary/aromatic N) is 1. The second-order valence-corrected chi connectivity index (χ2v) is 4.68. The van der Waals surface area contributed by atoms with Gasteiger partial charge in [-0.3, -0.25) is 4.79 Å². The molecule has 4 nitrogen and oxygen atoms in total. The van der Waals surface area contributed by atoms with Crippen LogP contribution in [0.15, 0.2) is 30.4 Å². The van der Waals surface area contributed by atoms with E-state index in [1.165, 1.54) is 0 Å². The summed E-state index contributed by atoms with van der Waals surface area (Å²) in [5, 5.41) is 0. The summed E-state index contributed by atoms with van der Waals surface area (Å²) in [7, 11) is 0. The van der Waals surface area contributed by atoms with Crippen molar-refractivity contribution < 1.29 is 14.3 Å². The standard InChI is InChI=1S/C14H15NO3/c1-10-3-2-6-15(8-10)14(16)11-4-5-12-13(7-11)18-9-17-12/h2-5,7,10H,6,8-9H2,1H3. The number of hydrogen-bond donors (Lipinski definition) is 0. The Kier molecular flexibility index (Phi) is 2.70. The molecule has 1 unspecified atom stereocenters. The molecule has 0 radical (unpaired) electrons. The molecule has 2 heterocycles. The van der Waals surface area contributed by atoms with Gasteiger partial charge in [-0.15, -0.1) is 0 Å². The van der Waals surface area contributed by atoms with Gasteiger partial charge < -0.3 is 14.4 Å². The van der Waals surface area contributed by atoms with Crippen molar-refractivity contribution in [2.75, 3.05) is 19.9 Å². The maximum absolute atomic E-state index is 12.3. The number of rotatable bonds is 1. The lowest BCUT2D eigenvalue weighted by atomic mass is 10.1. The molecule has 4 heteroatoms. The first kappa shape index (κ1) is 11.1. The van der Waals surface area contributed by atoms with Crippen molar-refractivity contribution >= 4 is 5.91 Å². The maximum Gasteiger partial charge on any atom is 0.254 e. The maximum atomic E-state index is 12.3. The van der Waals surface area contributed by atoms with Gasteiger partial charge in [-0.05, 0) is 24.1 Å². The molecule has 94 valence electrons. The number of hydrogen-bond acceptors (Lipinski definition) is 3. The molecule has 0 aromatic heterocycles. The summed E-state index contributed by atoms with van der Waals surface area (Å²) in [5.74, 6) is 1.82. The summed E-state index contributed by atoms with van der Waals surface area (Å²) in [6, 6.07) is 5.34. The van der Waals surface area contributed by atoms with Crippen molar-refractivity contribution in [2.24, 2.45) is 5.92 Å². The molecule has 1 aromatic rings. The zero-order chi connectivity index (χ0) is 12.5. The van der Waals surface area contributed by atoms with Gasteiger partial charge in [0.05, 0.1) is 0 Å². The summed E-state index contributed by atoms with van der Waals surface area (Å²) in [5.41, 5.74) is 0.654. The molecule has 0 aliphatic carbocycles. The second kappa shape index (κ2) is 4.37. The SMILES string of the molecule is CC1C=CCN(C(=O)c2ccc3c(c2)OCO3)C1. The Morgan fingerprint density at radius 3 is 3.00 bits per heavy atom. The Morgan fingerprint density at radius 1 is 1.33 bits per heavy atom. The van der Waals surface area contributed by atoms with Gasteiger partial charge in [-0.25, -0.2) is 0 Å². The van der Waals surface area contributed by atoms with Crippen LogP contribution in [0.4, 0.5) is 0 Å². The molecule has 1 atom stereocenters. The number of ether oxygens (including phenoxy) is 2. The first-order valence-corrected chi connectivity index (χ1v) is 6.09. The Bertz CT molecular complexity index is 510. The Balaban J connectivity index is 1.82. The van der Waals surface area contributed by atoms with Crippen molar-refractivity contribution in [1.82, 2.24) is 4.90 Å². The number of amides is 1. The molecule has 1 aromatic carbocycles. The van der Waals surface area contributed by atoms with Gasteiger partial charge >= 0.3 is 0 Å². The van der Waals surface area contributed by atoms with E-state index < -0.39 is 0 Å². The third kappa shape index (κ3) is 1.94. The van der Waals surface area contributed by atoms with E-state index >= 15 is 0 Å². The van der Waals surface area contributed by atoms with Crippen LogP contribution >= 0.6 is 0 Å². The normalized spacial score (nSPS) is 21.2. The predicted molar refractivity (Wildman–Crippen MR) is 66.8 cm³/mol. The quantitative estimate of drug-likeness (QED) is 0.711. The van der Waals surface area contributed by atoms with Gasteiger partial charge in [0.25, 0.3) is 5.91 Å². The van der Waals surface area contributed by atoms with E-state index in [0.717, 1.165) is 6.54 Å². The molecule has 2 aliphatic heterocycles. The molecular formula is C14H15NO3. The van der Waals surface area contributed by atoms with Crippen LogP contribution in [0.25, 0.3) is 0 Å². The number of carbonyl (C=O) groups excluding carboxylic acids is 1. The zero-order valence-corrected chi connectivity index (χ0v) is 10.3. The van der Waals surface area contributed by atoms with E-state index in [1.807, 2.05) is 11.0 Å². The molecule has 0 saturated heterocycles. The van der Waals surface area contributed by atoms with E-state index in [2.05, 4.69) is 13.0 Å². The molecule has 3 rings (SSSR count). The topological polar surface area (TPSA) is 38.8 Å². The minimum atomic E-state index is 0.0458. The van der Waals surface area contributed by atoms with Crippen LogP contribution in [0.2, 0.25) is 0 Å². The van der Waals surface area contributed by atoms with Gasteiger partial charge in [-0.1, -0.05) is 19.1 Å². The molecular weight excluding hydrogens is 230 g/mol. The van der Waals surface area contributed by atoms with Gasteiger partial charge in [0.1, 0.15) is 0 Å². The summed E-state index contributed by atoms with van der Waals surface area (Å²) >= 11 is 0. The number of carbonyl (C=O) groups is 1. The third-order valence-electron chi connectivity index (χ3n) is 3.21. The fourth-order valence-corrected chi connectivity index (χ4v) is 2.28. The smallest absolute Gasteiger partial charge is 0.254 e. The van der Waals surface area contributed by atoms with E-state index in [-0.39, 0.29) is 12.7 Å². The lowest BCUT2D eigenvalue weighted by Crippen LogP contribution is -2.36. The molecule has 0 saturated carbocycles. The third-order valence-corrected chi connectivity index (χ3v) is 3.21. The van der Waals surface area contributed by atoms with Crippen molar-refractivity contribution in [3.8, 4) is 11.5 Å². The molecule has 0 fully saturated rings. The van der Waals surface area contributed by atoms with Crippen molar-refractivity contribution in [1.29, 1.82) is 0 Å². The van der Waals surface area contributed by atoms with E-state index in [9.17, 15) is 4.79 Å². The van der Waals surface area contributed by atoms with Gasteiger partial charge in [0.15, 0.2) is 11.5 Å². The summed E-state index contributed by atoms with van der Waals surface area (Å²) in [6.45, 7) is 3.79. The van der Waals surface area contributed by atoms with E-state index in [1.54, 1.807) is 18.2 Å². The molecule has 1 amide bonds. The van der Waals surface area contributed by atoms with E-state index in [0.29, 0.717) is 29.5 Å². The van der Waals surface area contributed by atoms with E-state index in [4.69, 9.17) is 9.47 Å².